The number of hydrogen-bond donors (Lipinski definition) is 0. The van der Waals surface area contributed by atoms with Crippen molar-refractivity contribution >= 4 is 35.3 Å². The highest BCUT2D eigenvalue weighted by Gasteiger charge is 2.38. The molecule has 1 aromatic carbocycles. The summed E-state index contributed by atoms with van der Waals surface area (Å²) in [5.41, 5.74) is 0.833. The Bertz CT molecular complexity index is 712. The Morgan fingerprint density at radius 3 is 2.85 bits per heavy atom. The van der Waals surface area contributed by atoms with Crippen LogP contribution in [-0.4, -0.2) is 60.8 Å². The lowest BCUT2D eigenvalue weighted by atomic mass is 9.98. The van der Waals surface area contributed by atoms with Gasteiger partial charge in [0.1, 0.15) is 13.2 Å². The smallest absolute Gasteiger partial charge is 0.246 e. The van der Waals surface area contributed by atoms with Crippen LogP contribution < -0.4 is 9.47 Å². The Balaban J connectivity index is 1.45. The van der Waals surface area contributed by atoms with E-state index in [-0.39, 0.29) is 10.7 Å². The molecule has 0 atom stereocenters. The molecule has 3 aliphatic rings. The third-order valence-electron chi connectivity index (χ3n) is 5.00. The van der Waals surface area contributed by atoms with Gasteiger partial charge in [-0.15, -0.1) is 0 Å². The van der Waals surface area contributed by atoms with E-state index in [1.165, 1.54) is 0 Å². The summed E-state index contributed by atoms with van der Waals surface area (Å²) in [6, 6.07) is 3.65. The van der Waals surface area contributed by atoms with Crippen LogP contribution in [0.4, 0.5) is 0 Å². The fraction of sp³-hybridized carbons (Fsp3) is 0.526. The van der Waals surface area contributed by atoms with E-state index < -0.39 is 0 Å². The van der Waals surface area contributed by atoms with Gasteiger partial charge >= 0.3 is 0 Å². The summed E-state index contributed by atoms with van der Waals surface area (Å²) in [6.07, 6.45) is 5.46. The highest BCUT2D eigenvalue weighted by Crippen LogP contribution is 2.40. The molecule has 0 aliphatic carbocycles. The largest absolute Gasteiger partial charge is 0.486 e. The average molecular weight is 396 g/mol. The van der Waals surface area contributed by atoms with Gasteiger partial charge in [-0.2, -0.15) is 11.8 Å². The van der Waals surface area contributed by atoms with Crippen molar-refractivity contribution in [3.8, 4) is 11.5 Å². The number of rotatable bonds is 2. The van der Waals surface area contributed by atoms with Crippen LogP contribution in [0.5, 0.6) is 11.5 Å². The standard InChI is InChI=1S/C19H22ClNO4S/c20-15-11-14(12-16-18(15)25-9-8-24-16)1-2-17(22)21-5-10-26-19(13-21)3-6-23-7-4-19/h1-2,11-12H,3-10,13H2/b2-1+. The second-order valence-corrected chi connectivity index (χ2v) is 8.73. The monoisotopic (exact) mass is 395 g/mol. The van der Waals surface area contributed by atoms with Crippen molar-refractivity contribution in [3.63, 3.8) is 0 Å². The summed E-state index contributed by atoms with van der Waals surface area (Å²) >= 11 is 8.25. The van der Waals surface area contributed by atoms with Crippen LogP contribution >= 0.6 is 23.4 Å². The molecule has 3 aliphatic heterocycles. The highest BCUT2D eigenvalue weighted by atomic mass is 35.5. The van der Waals surface area contributed by atoms with Crippen LogP contribution in [0.25, 0.3) is 6.08 Å². The average Bonchev–Trinajstić information content (AvgIpc) is 2.67. The second-order valence-electron chi connectivity index (χ2n) is 6.76. The summed E-state index contributed by atoms with van der Waals surface area (Å²) in [7, 11) is 0. The molecule has 2 fully saturated rings. The van der Waals surface area contributed by atoms with Gasteiger partial charge in [0.15, 0.2) is 11.5 Å². The van der Waals surface area contributed by atoms with Gasteiger partial charge in [-0.1, -0.05) is 11.6 Å². The predicted molar refractivity (Wildman–Crippen MR) is 103 cm³/mol. The Morgan fingerprint density at radius 1 is 1.19 bits per heavy atom. The first kappa shape index (κ1) is 18.0. The molecule has 0 aromatic heterocycles. The summed E-state index contributed by atoms with van der Waals surface area (Å²) in [5.74, 6) is 2.24. The van der Waals surface area contributed by atoms with E-state index in [9.17, 15) is 4.79 Å². The minimum Gasteiger partial charge on any atom is -0.486 e. The molecular formula is C19H22ClNO4S. The SMILES string of the molecule is O=C(/C=C/c1cc(Cl)c2c(c1)OCCO2)N1CCSC2(CCOCC2)C1. The predicted octanol–water partition coefficient (Wildman–Crippen LogP) is 3.25. The molecule has 1 aromatic rings. The number of benzene rings is 1. The normalized spacial score (nSPS) is 22.0. The zero-order valence-electron chi connectivity index (χ0n) is 14.5. The van der Waals surface area contributed by atoms with E-state index >= 15 is 0 Å². The number of nitrogens with zero attached hydrogens (tertiary/aromatic N) is 1. The van der Waals surface area contributed by atoms with Crippen molar-refractivity contribution < 1.29 is 19.0 Å². The molecule has 4 rings (SSSR count). The quantitative estimate of drug-likeness (QED) is 0.719. The first-order valence-electron chi connectivity index (χ1n) is 8.93. The lowest BCUT2D eigenvalue weighted by Crippen LogP contribution is -2.51. The Kier molecular flexibility index (Phi) is 5.34. The number of carbonyl (C=O) groups is 1. The topological polar surface area (TPSA) is 48.0 Å². The third kappa shape index (κ3) is 3.82. The summed E-state index contributed by atoms with van der Waals surface area (Å²) in [6.45, 7) is 4.18. The van der Waals surface area contributed by atoms with Crippen molar-refractivity contribution in [3.05, 3.63) is 28.8 Å². The maximum absolute atomic E-state index is 12.7. The summed E-state index contributed by atoms with van der Waals surface area (Å²) in [5, 5.41) is 0.504. The lowest BCUT2D eigenvalue weighted by molar-refractivity contribution is -0.126. The molecule has 0 unspecified atom stereocenters. The highest BCUT2D eigenvalue weighted by molar-refractivity contribution is 8.00. The van der Waals surface area contributed by atoms with Crippen LogP contribution in [-0.2, 0) is 9.53 Å². The maximum Gasteiger partial charge on any atom is 0.246 e. The number of fused-ring (bicyclic) bond motifs is 1. The molecule has 2 saturated heterocycles. The Labute approximate surface area is 162 Å². The fourth-order valence-electron chi connectivity index (χ4n) is 3.58. The number of thioether (sulfide) groups is 1. The van der Waals surface area contributed by atoms with Crippen LogP contribution in [0.3, 0.4) is 0 Å². The Morgan fingerprint density at radius 2 is 2.00 bits per heavy atom. The second kappa shape index (κ2) is 7.71. The fourth-order valence-corrected chi connectivity index (χ4v) is 5.30. The van der Waals surface area contributed by atoms with Gasteiger partial charge in [-0.3, -0.25) is 4.79 Å². The van der Waals surface area contributed by atoms with Gasteiger partial charge in [0.05, 0.1) is 5.02 Å². The van der Waals surface area contributed by atoms with Gasteiger partial charge < -0.3 is 19.1 Å². The van der Waals surface area contributed by atoms with Crippen LogP contribution in [0.15, 0.2) is 18.2 Å². The first-order valence-corrected chi connectivity index (χ1v) is 10.3. The Hall–Kier alpha value is -1.37. The van der Waals surface area contributed by atoms with Gasteiger partial charge in [-0.05, 0) is 36.6 Å². The van der Waals surface area contributed by atoms with E-state index in [0.29, 0.717) is 29.7 Å². The van der Waals surface area contributed by atoms with E-state index in [4.69, 9.17) is 25.8 Å². The minimum atomic E-state index is 0.0437. The van der Waals surface area contributed by atoms with E-state index in [1.54, 1.807) is 18.2 Å². The van der Waals surface area contributed by atoms with Crippen molar-refractivity contribution in [1.29, 1.82) is 0 Å². The zero-order valence-corrected chi connectivity index (χ0v) is 16.1. The lowest BCUT2D eigenvalue weighted by Gasteiger charge is -2.44. The van der Waals surface area contributed by atoms with Crippen molar-refractivity contribution in [1.82, 2.24) is 4.90 Å². The number of amides is 1. The summed E-state index contributed by atoms with van der Waals surface area (Å²) in [4.78, 5) is 14.6. The molecule has 140 valence electrons. The molecule has 3 heterocycles. The molecule has 0 radical (unpaired) electrons. The van der Waals surface area contributed by atoms with Gasteiger partial charge in [0, 0.05) is 42.9 Å². The first-order chi connectivity index (χ1) is 12.7. The van der Waals surface area contributed by atoms with E-state index in [0.717, 1.165) is 50.5 Å². The third-order valence-corrected chi connectivity index (χ3v) is 6.82. The van der Waals surface area contributed by atoms with Crippen LogP contribution in [0.1, 0.15) is 18.4 Å². The maximum atomic E-state index is 12.7. The molecule has 1 spiro atoms. The zero-order chi connectivity index (χ0) is 18.0. The van der Waals surface area contributed by atoms with Crippen LogP contribution in [0.2, 0.25) is 5.02 Å². The molecule has 5 nitrogen and oxygen atoms in total. The van der Waals surface area contributed by atoms with Crippen molar-refractivity contribution in [2.45, 2.75) is 17.6 Å². The van der Waals surface area contributed by atoms with E-state index in [2.05, 4.69) is 0 Å². The number of hydrogen-bond acceptors (Lipinski definition) is 5. The molecule has 0 saturated carbocycles. The summed E-state index contributed by atoms with van der Waals surface area (Å²) < 4.78 is 16.8. The van der Waals surface area contributed by atoms with Gasteiger partial charge in [-0.25, -0.2) is 0 Å². The van der Waals surface area contributed by atoms with Crippen molar-refractivity contribution in [2.75, 3.05) is 45.3 Å². The molecule has 0 bridgehead atoms. The van der Waals surface area contributed by atoms with Gasteiger partial charge in [0.2, 0.25) is 5.91 Å². The minimum absolute atomic E-state index is 0.0437. The van der Waals surface area contributed by atoms with E-state index in [1.807, 2.05) is 22.7 Å². The molecule has 7 heteroatoms. The molecule has 0 N–H and O–H groups in total. The van der Waals surface area contributed by atoms with Crippen molar-refractivity contribution in [2.24, 2.45) is 0 Å². The van der Waals surface area contributed by atoms with Gasteiger partial charge in [0.25, 0.3) is 0 Å². The number of carbonyl (C=O) groups excluding carboxylic acids is 1. The molecule has 1 amide bonds. The number of halogens is 1. The molecular weight excluding hydrogens is 374 g/mol. The van der Waals surface area contributed by atoms with Crippen LogP contribution in [0, 0.1) is 0 Å². The number of ether oxygens (including phenoxy) is 3. The molecule has 26 heavy (non-hydrogen) atoms.